The van der Waals surface area contributed by atoms with Crippen LogP contribution in [0.25, 0.3) is 0 Å². The molecule has 0 fully saturated rings. The summed E-state index contributed by atoms with van der Waals surface area (Å²) < 4.78 is 1.05. The molecule has 0 atom stereocenters. The van der Waals surface area contributed by atoms with Crippen LogP contribution in [0.3, 0.4) is 0 Å². The molecule has 0 spiro atoms. The van der Waals surface area contributed by atoms with E-state index in [2.05, 4.69) is 0 Å². The lowest BCUT2D eigenvalue weighted by atomic mass is 10.6. The lowest BCUT2D eigenvalue weighted by Gasteiger charge is -1.99. The maximum Gasteiger partial charge on any atom is 0.329 e. The second-order valence-electron chi connectivity index (χ2n) is 1.92. The van der Waals surface area contributed by atoms with Crippen LogP contribution in [0.4, 0.5) is 0 Å². The first-order chi connectivity index (χ1) is 5.04. The minimum Gasteiger partial charge on any atom is -0.286 e. The van der Waals surface area contributed by atoms with Gasteiger partial charge in [0, 0.05) is 7.05 Å². The van der Waals surface area contributed by atoms with E-state index in [9.17, 15) is 9.59 Å². The topological polar surface area (TPSA) is 54.9 Å². The van der Waals surface area contributed by atoms with E-state index in [0.717, 1.165) is 4.57 Å². The molecule has 4 nitrogen and oxygen atoms in total. The van der Waals surface area contributed by atoms with Crippen molar-refractivity contribution in [3.05, 3.63) is 31.0 Å². The van der Waals surface area contributed by atoms with E-state index < -0.39 is 11.2 Å². The Balaban J connectivity index is 3.73. The van der Waals surface area contributed by atoms with Gasteiger partial charge in [-0.3, -0.25) is 14.3 Å². The van der Waals surface area contributed by atoms with Crippen molar-refractivity contribution in [2.24, 2.45) is 7.05 Å². The molecule has 60 valence electrons. The molecule has 1 aromatic rings. The predicted octanol–water partition coefficient (Wildman–Crippen LogP) is 0.380. The Hall–Kier alpha value is -0.740. The number of rotatable bonds is 0. The maximum absolute atomic E-state index is 10.8. The van der Waals surface area contributed by atoms with Gasteiger partial charge in [0.1, 0.15) is 10.2 Å². The summed E-state index contributed by atoms with van der Waals surface area (Å²) in [5, 5.41) is -0.228. The number of halogens is 2. The zero-order valence-corrected chi connectivity index (χ0v) is 7.03. The van der Waals surface area contributed by atoms with Crippen molar-refractivity contribution in [1.29, 1.82) is 0 Å². The largest absolute Gasteiger partial charge is 0.329 e. The van der Waals surface area contributed by atoms with Gasteiger partial charge in [-0.15, -0.1) is 0 Å². The molecule has 11 heavy (non-hydrogen) atoms. The number of aromatic nitrogens is 2. The van der Waals surface area contributed by atoms with Gasteiger partial charge < -0.3 is 0 Å². The first-order valence-corrected chi connectivity index (χ1v) is 3.44. The van der Waals surface area contributed by atoms with Crippen molar-refractivity contribution in [1.82, 2.24) is 9.55 Å². The smallest absolute Gasteiger partial charge is 0.286 e. The van der Waals surface area contributed by atoms with Crippen LogP contribution in [0.15, 0.2) is 9.59 Å². The van der Waals surface area contributed by atoms with Gasteiger partial charge in [-0.2, -0.15) is 0 Å². The molecule has 0 aliphatic carbocycles. The van der Waals surface area contributed by atoms with Gasteiger partial charge in [-0.25, -0.2) is 4.79 Å². The first kappa shape index (κ1) is 8.36. The molecule has 0 amide bonds. The summed E-state index contributed by atoms with van der Waals surface area (Å²) in [6.07, 6.45) is 0. The predicted molar refractivity (Wildman–Crippen MR) is 42.3 cm³/mol. The zero-order valence-electron chi connectivity index (χ0n) is 5.52. The summed E-state index contributed by atoms with van der Waals surface area (Å²) in [7, 11) is 1.41. The molecule has 0 saturated heterocycles. The summed E-state index contributed by atoms with van der Waals surface area (Å²) >= 11 is 10.9. The van der Waals surface area contributed by atoms with E-state index in [4.69, 9.17) is 23.2 Å². The van der Waals surface area contributed by atoms with Gasteiger partial charge in [-0.1, -0.05) is 23.2 Å². The van der Waals surface area contributed by atoms with Gasteiger partial charge in [0.05, 0.1) is 0 Å². The number of hydrogen-bond acceptors (Lipinski definition) is 2. The minimum atomic E-state index is -0.667. The van der Waals surface area contributed by atoms with Crippen LogP contribution < -0.4 is 11.2 Å². The van der Waals surface area contributed by atoms with E-state index in [1.54, 1.807) is 0 Å². The van der Waals surface area contributed by atoms with Crippen LogP contribution in [0.5, 0.6) is 0 Å². The lowest BCUT2D eigenvalue weighted by molar-refractivity contribution is 0.801. The summed E-state index contributed by atoms with van der Waals surface area (Å²) in [5.41, 5.74) is -1.25. The number of nitrogens with zero attached hydrogens (tertiary/aromatic N) is 1. The normalized spacial score (nSPS) is 10.1. The summed E-state index contributed by atoms with van der Waals surface area (Å²) in [6, 6.07) is 0. The molecule has 1 heterocycles. The molecule has 0 saturated carbocycles. The third-order valence-corrected chi connectivity index (χ3v) is 2.09. The van der Waals surface area contributed by atoms with E-state index >= 15 is 0 Å². The Morgan fingerprint density at radius 2 is 1.91 bits per heavy atom. The molecular weight excluding hydrogens is 191 g/mol. The second kappa shape index (κ2) is 2.71. The quantitative estimate of drug-likeness (QED) is 0.608. The average molecular weight is 195 g/mol. The van der Waals surface area contributed by atoms with E-state index in [-0.39, 0.29) is 10.2 Å². The van der Waals surface area contributed by atoms with Gasteiger partial charge >= 0.3 is 5.69 Å². The number of hydrogen-bond donors (Lipinski definition) is 1. The highest BCUT2D eigenvalue weighted by Crippen LogP contribution is 2.12. The third-order valence-electron chi connectivity index (χ3n) is 1.20. The van der Waals surface area contributed by atoms with Crippen LogP contribution in [-0.4, -0.2) is 9.55 Å². The minimum absolute atomic E-state index is 0.0552. The third kappa shape index (κ3) is 1.32. The molecule has 6 heteroatoms. The van der Waals surface area contributed by atoms with Crippen LogP contribution >= 0.6 is 23.2 Å². The highest BCUT2D eigenvalue weighted by atomic mass is 35.5. The van der Waals surface area contributed by atoms with Gasteiger partial charge in [0.25, 0.3) is 5.56 Å². The van der Waals surface area contributed by atoms with Crippen molar-refractivity contribution in [3.8, 4) is 0 Å². The van der Waals surface area contributed by atoms with Crippen molar-refractivity contribution in [2.75, 3.05) is 0 Å². The van der Waals surface area contributed by atoms with E-state index in [1.165, 1.54) is 7.05 Å². The van der Waals surface area contributed by atoms with Gasteiger partial charge in [-0.05, 0) is 0 Å². The van der Waals surface area contributed by atoms with E-state index in [0.29, 0.717) is 0 Å². The average Bonchev–Trinajstić information content (AvgIpc) is 1.97. The monoisotopic (exact) mass is 194 g/mol. The molecule has 0 aliphatic rings. The zero-order chi connectivity index (χ0) is 8.59. The van der Waals surface area contributed by atoms with Crippen molar-refractivity contribution >= 4 is 23.2 Å². The van der Waals surface area contributed by atoms with Crippen molar-refractivity contribution in [3.63, 3.8) is 0 Å². The summed E-state index contributed by atoms with van der Waals surface area (Å²) in [6.45, 7) is 0. The maximum atomic E-state index is 10.8. The Morgan fingerprint density at radius 1 is 1.36 bits per heavy atom. The lowest BCUT2D eigenvalue weighted by Crippen LogP contribution is -2.28. The van der Waals surface area contributed by atoms with Crippen LogP contribution in [0.2, 0.25) is 10.2 Å². The summed E-state index contributed by atoms with van der Waals surface area (Å²) in [5.74, 6) is 0. The highest BCUT2D eigenvalue weighted by Gasteiger charge is 2.06. The SMILES string of the molecule is Cn1c(Cl)c(Cl)c(=O)[nH]c1=O. The molecule has 0 aliphatic heterocycles. The van der Waals surface area contributed by atoms with Crippen molar-refractivity contribution < 1.29 is 0 Å². The molecule has 1 N–H and O–H groups in total. The van der Waals surface area contributed by atoms with Gasteiger partial charge in [0.15, 0.2) is 0 Å². The van der Waals surface area contributed by atoms with E-state index in [1.807, 2.05) is 4.98 Å². The highest BCUT2D eigenvalue weighted by molar-refractivity contribution is 6.41. The summed E-state index contributed by atoms with van der Waals surface area (Å²) in [4.78, 5) is 23.5. The molecule has 0 radical (unpaired) electrons. The molecular formula is C5H4Cl2N2O2. The van der Waals surface area contributed by atoms with Crippen LogP contribution in [0.1, 0.15) is 0 Å². The van der Waals surface area contributed by atoms with Crippen LogP contribution in [-0.2, 0) is 7.05 Å². The molecule has 1 rings (SSSR count). The second-order valence-corrected chi connectivity index (χ2v) is 2.66. The fourth-order valence-electron chi connectivity index (χ4n) is 0.566. The Labute approximate surface area is 71.4 Å². The van der Waals surface area contributed by atoms with Gasteiger partial charge in [0.2, 0.25) is 0 Å². The number of aromatic amines is 1. The molecule has 0 bridgehead atoms. The fourth-order valence-corrected chi connectivity index (χ4v) is 0.903. The standard InChI is InChI=1S/C5H4Cl2N2O2/c1-9-3(7)2(6)4(10)8-5(9)11/h1H3,(H,8,10,11). The Kier molecular flexibility index (Phi) is 2.06. The van der Waals surface area contributed by atoms with Crippen LogP contribution in [0, 0.1) is 0 Å². The molecule has 0 unspecified atom stereocenters. The Bertz CT molecular complexity index is 358. The number of H-pyrrole nitrogens is 1. The molecule has 1 aromatic heterocycles. The number of nitrogens with one attached hydrogen (secondary N) is 1. The molecule has 0 aromatic carbocycles. The van der Waals surface area contributed by atoms with Crippen molar-refractivity contribution in [2.45, 2.75) is 0 Å². The fraction of sp³-hybridized carbons (Fsp3) is 0.200. The first-order valence-electron chi connectivity index (χ1n) is 2.68. The Morgan fingerprint density at radius 3 is 2.45 bits per heavy atom.